The van der Waals surface area contributed by atoms with Crippen LogP contribution in [0, 0.1) is 6.92 Å². The maximum atomic E-state index is 13.2. The quantitative estimate of drug-likeness (QED) is 0.455. The van der Waals surface area contributed by atoms with Crippen molar-refractivity contribution in [1.29, 1.82) is 0 Å². The number of benzene rings is 1. The molecule has 0 amide bonds. The van der Waals surface area contributed by atoms with Crippen molar-refractivity contribution in [2.24, 2.45) is 0 Å². The van der Waals surface area contributed by atoms with Gasteiger partial charge in [0.2, 0.25) is 0 Å². The number of rotatable bonds is 6. The number of aryl methyl sites for hydroxylation is 1. The lowest BCUT2D eigenvalue weighted by Gasteiger charge is -2.10. The summed E-state index contributed by atoms with van der Waals surface area (Å²) in [5.41, 5.74) is 2.23. The van der Waals surface area contributed by atoms with Gasteiger partial charge in [-0.25, -0.2) is 4.68 Å². The molecular weight excluding hydrogens is 390 g/mol. The summed E-state index contributed by atoms with van der Waals surface area (Å²) in [6.07, 6.45) is 1.66. The van der Waals surface area contributed by atoms with Crippen LogP contribution >= 0.6 is 11.3 Å². The number of hydrogen-bond acceptors (Lipinski definition) is 6. The molecule has 0 aliphatic carbocycles. The van der Waals surface area contributed by atoms with Crippen LogP contribution in [-0.4, -0.2) is 34.0 Å². The first kappa shape index (κ1) is 19.2. The van der Waals surface area contributed by atoms with Crippen LogP contribution in [0.3, 0.4) is 0 Å². The molecule has 1 aromatic carbocycles. The SMILES string of the molecule is CCOC(=O)Cn1ncc2c3sc(C)cc3n(Cc3cccc(OC)c3)c2c1=O. The number of hydrogen-bond donors (Lipinski definition) is 0. The fraction of sp³-hybridized carbons (Fsp3) is 0.286. The van der Waals surface area contributed by atoms with E-state index >= 15 is 0 Å². The molecule has 0 atom stereocenters. The molecule has 0 unspecified atom stereocenters. The first-order chi connectivity index (χ1) is 14.0. The van der Waals surface area contributed by atoms with Crippen LogP contribution in [0.2, 0.25) is 0 Å². The molecule has 7 nitrogen and oxygen atoms in total. The minimum Gasteiger partial charge on any atom is -0.497 e. The molecular formula is C21H21N3O4S. The van der Waals surface area contributed by atoms with Crippen molar-refractivity contribution in [3.05, 3.63) is 57.3 Å². The summed E-state index contributed by atoms with van der Waals surface area (Å²) in [4.78, 5) is 26.2. The van der Waals surface area contributed by atoms with E-state index in [1.165, 1.54) is 4.68 Å². The third-order valence-corrected chi connectivity index (χ3v) is 5.79. The molecule has 0 fully saturated rings. The van der Waals surface area contributed by atoms with Gasteiger partial charge in [-0.05, 0) is 37.6 Å². The largest absolute Gasteiger partial charge is 0.497 e. The Bertz CT molecular complexity index is 1270. The fourth-order valence-corrected chi connectivity index (χ4v) is 4.50. The van der Waals surface area contributed by atoms with E-state index in [1.807, 2.05) is 35.8 Å². The minimum absolute atomic E-state index is 0.209. The van der Waals surface area contributed by atoms with E-state index in [1.54, 1.807) is 31.6 Å². The summed E-state index contributed by atoms with van der Waals surface area (Å²) < 4.78 is 14.5. The molecule has 0 N–H and O–H groups in total. The topological polar surface area (TPSA) is 75.3 Å². The van der Waals surface area contributed by atoms with Gasteiger partial charge in [0.25, 0.3) is 5.56 Å². The predicted molar refractivity (Wildman–Crippen MR) is 113 cm³/mol. The Morgan fingerprint density at radius 1 is 1.28 bits per heavy atom. The summed E-state index contributed by atoms with van der Waals surface area (Å²) >= 11 is 1.63. The summed E-state index contributed by atoms with van der Waals surface area (Å²) in [6.45, 7) is 4.33. The summed E-state index contributed by atoms with van der Waals surface area (Å²) in [5, 5.41) is 5.01. The van der Waals surface area contributed by atoms with Crippen molar-refractivity contribution < 1.29 is 14.3 Å². The first-order valence-corrected chi connectivity index (χ1v) is 10.1. The van der Waals surface area contributed by atoms with Crippen LogP contribution in [0.4, 0.5) is 0 Å². The van der Waals surface area contributed by atoms with Gasteiger partial charge < -0.3 is 14.0 Å². The van der Waals surface area contributed by atoms with Gasteiger partial charge in [-0.1, -0.05) is 12.1 Å². The van der Waals surface area contributed by atoms with Crippen molar-refractivity contribution in [2.45, 2.75) is 26.9 Å². The second kappa shape index (κ2) is 7.71. The molecule has 3 heterocycles. The number of ether oxygens (including phenoxy) is 2. The summed E-state index contributed by atoms with van der Waals surface area (Å²) in [5.74, 6) is 0.281. The number of methoxy groups -OCH3 is 1. The number of carbonyl (C=O) groups excluding carboxylic acids is 1. The van der Waals surface area contributed by atoms with E-state index in [0.717, 1.165) is 31.8 Å². The van der Waals surface area contributed by atoms with E-state index in [0.29, 0.717) is 12.1 Å². The zero-order chi connectivity index (χ0) is 20.5. The molecule has 4 rings (SSSR count). The van der Waals surface area contributed by atoms with E-state index < -0.39 is 5.97 Å². The van der Waals surface area contributed by atoms with Crippen LogP contribution in [-0.2, 0) is 22.6 Å². The number of fused-ring (bicyclic) bond motifs is 3. The van der Waals surface area contributed by atoms with Crippen LogP contribution in [0.15, 0.2) is 41.3 Å². The van der Waals surface area contributed by atoms with Crippen LogP contribution in [0.25, 0.3) is 21.1 Å². The molecule has 0 spiro atoms. The van der Waals surface area contributed by atoms with Crippen molar-refractivity contribution >= 4 is 38.4 Å². The molecule has 3 aromatic heterocycles. The monoisotopic (exact) mass is 411 g/mol. The highest BCUT2D eigenvalue weighted by Gasteiger charge is 2.19. The molecule has 0 bridgehead atoms. The van der Waals surface area contributed by atoms with E-state index in [-0.39, 0.29) is 18.7 Å². The number of thiophene rings is 1. The number of nitrogens with zero attached hydrogens (tertiary/aromatic N) is 3. The number of aromatic nitrogens is 3. The van der Waals surface area contributed by atoms with Gasteiger partial charge in [0.1, 0.15) is 17.8 Å². The number of carbonyl (C=O) groups is 1. The maximum absolute atomic E-state index is 13.2. The van der Waals surface area contributed by atoms with Crippen molar-refractivity contribution in [3.63, 3.8) is 0 Å². The zero-order valence-corrected chi connectivity index (χ0v) is 17.3. The maximum Gasteiger partial charge on any atom is 0.327 e. The van der Waals surface area contributed by atoms with Gasteiger partial charge in [0.05, 0.1) is 30.1 Å². The van der Waals surface area contributed by atoms with Crippen molar-refractivity contribution in [3.8, 4) is 5.75 Å². The van der Waals surface area contributed by atoms with Crippen molar-refractivity contribution in [1.82, 2.24) is 14.3 Å². The standard InChI is InChI=1S/C21H21N3O4S/c1-4-28-18(25)12-24-21(26)19-16(10-22-24)20-17(8-13(2)29-20)23(19)11-14-6-5-7-15(9-14)27-3/h5-10H,4,11-12H2,1-3H3. The van der Waals surface area contributed by atoms with Crippen LogP contribution in [0.5, 0.6) is 5.75 Å². The fourth-order valence-electron chi connectivity index (χ4n) is 3.48. The minimum atomic E-state index is -0.481. The van der Waals surface area contributed by atoms with Crippen LogP contribution in [0.1, 0.15) is 17.4 Å². The van der Waals surface area contributed by atoms with E-state index in [9.17, 15) is 9.59 Å². The highest BCUT2D eigenvalue weighted by Crippen LogP contribution is 2.34. The lowest BCUT2D eigenvalue weighted by molar-refractivity contribution is -0.144. The Hall–Kier alpha value is -3.13. The zero-order valence-electron chi connectivity index (χ0n) is 16.5. The average Bonchev–Trinajstić information content (AvgIpc) is 3.21. The number of esters is 1. The molecule has 0 aliphatic heterocycles. The normalized spacial score (nSPS) is 11.3. The van der Waals surface area contributed by atoms with Gasteiger partial charge in [0.15, 0.2) is 0 Å². The first-order valence-electron chi connectivity index (χ1n) is 9.28. The summed E-state index contributed by atoms with van der Waals surface area (Å²) in [6, 6.07) is 9.84. The Morgan fingerprint density at radius 2 is 2.10 bits per heavy atom. The Morgan fingerprint density at radius 3 is 2.86 bits per heavy atom. The van der Waals surface area contributed by atoms with Gasteiger partial charge in [0, 0.05) is 16.8 Å². The lowest BCUT2D eigenvalue weighted by Crippen LogP contribution is -2.28. The van der Waals surface area contributed by atoms with Gasteiger partial charge in [-0.15, -0.1) is 11.3 Å². The van der Waals surface area contributed by atoms with Crippen molar-refractivity contribution in [2.75, 3.05) is 13.7 Å². The molecule has 8 heteroatoms. The Kier molecular flexibility index (Phi) is 5.10. The molecule has 0 aliphatic rings. The Balaban J connectivity index is 1.89. The lowest BCUT2D eigenvalue weighted by atomic mass is 10.2. The molecule has 0 radical (unpaired) electrons. The molecule has 29 heavy (non-hydrogen) atoms. The summed E-state index contributed by atoms with van der Waals surface area (Å²) in [7, 11) is 1.63. The second-order valence-corrected chi connectivity index (χ2v) is 7.94. The van der Waals surface area contributed by atoms with Gasteiger partial charge in [-0.3, -0.25) is 9.59 Å². The van der Waals surface area contributed by atoms with E-state index in [4.69, 9.17) is 9.47 Å². The second-order valence-electron chi connectivity index (χ2n) is 6.68. The predicted octanol–water partition coefficient (Wildman–Crippen LogP) is 3.34. The highest BCUT2D eigenvalue weighted by atomic mass is 32.1. The average molecular weight is 411 g/mol. The molecule has 4 aromatic rings. The van der Waals surface area contributed by atoms with Gasteiger partial charge in [-0.2, -0.15) is 5.10 Å². The highest BCUT2D eigenvalue weighted by molar-refractivity contribution is 7.20. The third-order valence-electron chi connectivity index (χ3n) is 4.72. The molecule has 0 saturated heterocycles. The van der Waals surface area contributed by atoms with Gasteiger partial charge >= 0.3 is 5.97 Å². The van der Waals surface area contributed by atoms with E-state index in [2.05, 4.69) is 11.2 Å². The molecule has 0 saturated carbocycles. The third kappa shape index (κ3) is 3.51. The molecule has 150 valence electrons. The smallest absolute Gasteiger partial charge is 0.327 e. The Labute approximate surface area is 171 Å². The van der Waals surface area contributed by atoms with Crippen LogP contribution < -0.4 is 10.3 Å².